The van der Waals surface area contributed by atoms with Crippen molar-refractivity contribution in [3.8, 4) is 11.8 Å². The number of amides is 4. The van der Waals surface area contributed by atoms with E-state index in [9.17, 15) is 19.2 Å². The van der Waals surface area contributed by atoms with E-state index in [1.807, 2.05) is 19.9 Å². The van der Waals surface area contributed by atoms with E-state index >= 15 is 0 Å². The first-order chi connectivity index (χ1) is 18.9. The van der Waals surface area contributed by atoms with Crippen LogP contribution in [-0.4, -0.2) is 105 Å². The zero-order valence-corrected chi connectivity index (χ0v) is 22.6. The number of benzene rings is 1. The third-order valence-corrected chi connectivity index (χ3v) is 6.92. The van der Waals surface area contributed by atoms with E-state index in [0.717, 1.165) is 36.8 Å². The van der Waals surface area contributed by atoms with Crippen molar-refractivity contribution in [1.82, 2.24) is 15.1 Å². The van der Waals surface area contributed by atoms with Gasteiger partial charge in [0, 0.05) is 57.9 Å². The Bertz CT molecular complexity index is 1130. The fourth-order valence-corrected chi connectivity index (χ4v) is 4.89. The van der Waals surface area contributed by atoms with Gasteiger partial charge in [0.2, 0.25) is 11.8 Å². The highest BCUT2D eigenvalue weighted by atomic mass is 16.7. The summed E-state index contributed by atoms with van der Waals surface area (Å²) in [5.41, 5.74) is 1.45. The summed E-state index contributed by atoms with van der Waals surface area (Å²) >= 11 is 0. The molecule has 0 aliphatic carbocycles. The maximum Gasteiger partial charge on any atom is 0.262 e. The molecule has 4 rings (SSSR count). The van der Waals surface area contributed by atoms with Crippen molar-refractivity contribution in [2.75, 3.05) is 64.1 Å². The number of nitrogens with zero attached hydrogens (tertiary/aromatic N) is 3. The van der Waals surface area contributed by atoms with Gasteiger partial charge >= 0.3 is 0 Å². The van der Waals surface area contributed by atoms with Crippen LogP contribution in [0.2, 0.25) is 0 Å². The molecule has 4 amide bonds. The SMILES string of the molecule is CCOC(COCCC#CCN1CCN(c2ccc3c(c2)C(=O)N(C2CCC(=O)NC2=O)C3=O)CC1)OCC. The van der Waals surface area contributed by atoms with Crippen molar-refractivity contribution in [3.63, 3.8) is 0 Å². The number of carbonyl (C=O) groups excluding carboxylic acids is 4. The van der Waals surface area contributed by atoms with Crippen molar-refractivity contribution in [2.45, 2.75) is 45.4 Å². The zero-order chi connectivity index (χ0) is 27.8. The zero-order valence-electron chi connectivity index (χ0n) is 22.6. The van der Waals surface area contributed by atoms with Crippen molar-refractivity contribution < 1.29 is 33.4 Å². The van der Waals surface area contributed by atoms with E-state index < -0.39 is 29.7 Å². The number of nitrogens with one attached hydrogen (secondary N) is 1. The number of carbonyl (C=O) groups is 4. The van der Waals surface area contributed by atoms with Crippen molar-refractivity contribution in [3.05, 3.63) is 29.3 Å². The highest BCUT2D eigenvalue weighted by molar-refractivity contribution is 6.23. The Kier molecular flexibility index (Phi) is 10.1. The van der Waals surface area contributed by atoms with Crippen LogP contribution in [0.5, 0.6) is 0 Å². The number of fused-ring (bicyclic) bond motifs is 1. The average Bonchev–Trinajstić information content (AvgIpc) is 3.17. The first-order valence-corrected chi connectivity index (χ1v) is 13.5. The maximum atomic E-state index is 13.1. The molecule has 2 saturated heterocycles. The molecule has 1 aromatic rings. The quantitative estimate of drug-likeness (QED) is 0.190. The molecule has 11 heteroatoms. The lowest BCUT2D eigenvalue weighted by Gasteiger charge is -2.35. The third kappa shape index (κ3) is 7.02. The lowest BCUT2D eigenvalue weighted by molar-refractivity contribution is -0.166. The summed E-state index contributed by atoms with van der Waals surface area (Å²) in [4.78, 5) is 55.2. The van der Waals surface area contributed by atoms with Crippen LogP contribution in [0.4, 0.5) is 5.69 Å². The van der Waals surface area contributed by atoms with Crippen molar-refractivity contribution in [2.24, 2.45) is 0 Å². The number of ether oxygens (including phenoxy) is 3. The summed E-state index contributed by atoms with van der Waals surface area (Å²) in [6, 6.07) is 4.27. The molecule has 3 heterocycles. The van der Waals surface area contributed by atoms with Gasteiger partial charge in [0.25, 0.3) is 11.8 Å². The van der Waals surface area contributed by atoms with E-state index in [1.165, 1.54) is 0 Å². The summed E-state index contributed by atoms with van der Waals surface area (Å²) in [6.45, 7) is 9.76. The number of rotatable bonds is 11. The molecule has 0 aromatic heterocycles. The van der Waals surface area contributed by atoms with Crippen LogP contribution >= 0.6 is 0 Å². The Balaban J connectivity index is 1.23. The summed E-state index contributed by atoms with van der Waals surface area (Å²) in [5.74, 6) is 4.38. The highest BCUT2D eigenvalue weighted by Gasteiger charge is 2.44. The molecule has 1 aromatic carbocycles. The number of imide groups is 2. The van der Waals surface area contributed by atoms with Gasteiger partial charge in [0.15, 0.2) is 6.29 Å². The van der Waals surface area contributed by atoms with E-state index in [2.05, 4.69) is 27.0 Å². The van der Waals surface area contributed by atoms with E-state index in [0.29, 0.717) is 45.0 Å². The topological polar surface area (TPSA) is 118 Å². The lowest BCUT2D eigenvalue weighted by Crippen LogP contribution is -2.54. The summed E-state index contributed by atoms with van der Waals surface area (Å²) in [7, 11) is 0. The maximum absolute atomic E-state index is 13.1. The Labute approximate surface area is 228 Å². The van der Waals surface area contributed by atoms with Crippen LogP contribution in [0, 0.1) is 11.8 Å². The molecule has 1 N–H and O–H groups in total. The molecule has 11 nitrogen and oxygen atoms in total. The van der Waals surface area contributed by atoms with Gasteiger partial charge in [0.1, 0.15) is 6.04 Å². The molecule has 39 heavy (non-hydrogen) atoms. The predicted molar refractivity (Wildman–Crippen MR) is 142 cm³/mol. The van der Waals surface area contributed by atoms with E-state index in [-0.39, 0.29) is 24.7 Å². The number of anilines is 1. The second kappa shape index (κ2) is 13.7. The van der Waals surface area contributed by atoms with Crippen LogP contribution in [-0.2, 0) is 23.8 Å². The molecular weight excluding hydrogens is 504 g/mol. The van der Waals surface area contributed by atoms with Crippen LogP contribution in [0.3, 0.4) is 0 Å². The summed E-state index contributed by atoms with van der Waals surface area (Å²) in [6.07, 6.45) is 0.546. The molecule has 1 unspecified atom stereocenters. The number of hydrogen-bond donors (Lipinski definition) is 1. The molecule has 3 aliphatic rings. The van der Waals surface area contributed by atoms with Crippen molar-refractivity contribution >= 4 is 29.3 Å². The van der Waals surface area contributed by atoms with Crippen LogP contribution in [0.25, 0.3) is 0 Å². The highest BCUT2D eigenvalue weighted by Crippen LogP contribution is 2.31. The van der Waals surface area contributed by atoms with Gasteiger partial charge < -0.3 is 19.1 Å². The van der Waals surface area contributed by atoms with Crippen LogP contribution < -0.4 is 10.2 Å². The molecular formula is C28H36N4O7. The Hall–Kier alpha value is -3.30. The standard InChI is InChI=1S/C28H36N4O7/c1-3-38-25(39-4-2)19-37-17-7-5-6-12-30-13-15-31(16-14-30)20-8-9-21-22(18-20)28(36)32(27(21)35)23-10-11-24(33)29-26(23)34/h8-9,18,23,25H,3-4,7,10-17,19H2,1-2H3,(H,29,33,34). The van der Waals surface area contributed by atoms with Gasteiger partial charge in [-0.1, -0.05) is 11.8 Å². The van der Waals surface area contributed by atoms with Gasteiger partial charge in [-0.15, -0.1) is 0 Å². The minimum atomic E-state index is -0.961. The lowest BCUT2D eigenvalue weighted by atomic mass is 10.0. The summed E-state index contributed by atoms with van der Waals surface area (Å²) < 4.78 is 16.5. The Morgan fingerprint density at radius 3 is 2.38 bits per heavy atom. The molecule has 0 radical (unpaired) electrons. The van der Waals surface area contributed by atoms with Gasteiger partial charge in [-0.2, -0.15) is 0 Å². The Morgan fingerprint density at radius 1 is 0.974 bits per heavy atom. The van der Waals surface area contributed by atoms with Crippen molar-refractivity contribution in [1.29, 1.82) is 0 Å². The normalized spacial score (nSPS) is 19.8. The molecule has 0 saturated carbocycles. The van der Waals surface area contributed by atoms with Gasteiger partial charge in [-0.3, -0.25) is 34.3 Å². The smallest absolute Gasteiger partial charge is 0.262 e. The fourth-order valence-electron chi connectivity index (χ4n) is 4.89. The second-order valence-electron chi connectivity index (χ2n) is 9.46. The molecule has 0 bridgehead atoms. The minimum absolute atomic E-state index is 0.0981. The fraction of sp³-hybridized carbons (Fsp3) is 0.571. The second-order valence-corrected chi connectivity index (χ2v) is 9.46. The van der Waals surface area contributed by atoms with E-state index in [4.69, 9.17) is 14.2 Å². The van der Waals surface area contributed by atoms with Crippen LogP contribution in [0.1, 0.15) is 53.8 Å². The largest absolute Gasteiger partial charge is 0.375 e. The van der Waals surface area contributed by atoms with Crippen LogP contribution in [0.15, 0.2) is 18.2 Å². The monoisotopic (exact) mass is 540 g/mol. The molecule has 0 spiro atoms. The number of hydrogen-bond acceptors (Lipinski definition) is 9. The van der Waals surface area contributed by atoms with Gasteiger partial charge in [-0.05, 0) is 38.5 Å². The summed E-state index contributed by atoms with van der Waals surface area (Å²) in [5, 5.41) is 2.22. The Morgan fingerprint density at radius 2 is 1.69 bits per heavy atom. The molecule has 210 valence electrons. The third-order valence-electron chi connectivity index (χ3n) is 6.92. The first kappa shape index (κ1) is 28.7. The molecule has 2 fully saturated rings. The number of piperazine rings is 1. The predicted octanol–water partition coefficient (Wildman–Crippen LogP) is 1.02. The van der Waals surface area contributed by atoms with E-state index in [1.54, 1.807) is 12.1 Å². The molecule has 3 aliphatic heterocycles. The average molecular weight is 541 g/mol. The first-order valence-electron chi connectivity index (χ1n) is 13.5. The number of piperidine rings is 1. The van der Waals surface area contributed by atoms with Gasteiger partial charge in [0.05, 0.1) is 30.9 Å². The molecule has 1 atom stereocenters. The minimum Gasteiger partial charge on any atom is -0.375 e. The van der Waals surface area contributed by atoms with Gasteiger partial charge in [-0.25, -0.2) is 0 Å².